The van der Waals surface area contributed by atoms with Crippen LogP contribution in [0.5, 0.6) is 0 Å². The number of halogens is 1. The van der Waals surface area contributed by atoms with Gasteiger partial charge in [0.2, 0.25) is 10.0 Å². The predicted molar refractivity (Wildman–Crippen MR) is 109 cm³/mol. The normalized spacial score (nSPS) is 11.2. The second kappa shape index (κ2) is 8.96. The van der Waals surface area contributed by atoms with Crippen LogP contribution in [0.1, 0.15) is 5.56 Å². The molecule has 1 aromatic carbocycles. The van der Waals surface area contributed by atoms with Crippen LogP contribution in [-0.2, 0) is 10.0 Å². The van der Waals surface area contributed by atoms with Crippen molar-refractivity contribution < 1.29 is 8.42 Å². The molecule has 10 heteroatoms. The van der Waals surface area contributed by atoms with Gasteiger partial charge in [0.05, 0.1) is 5.02 Å². The standard InChI is InChI=1S/C18H19ClN6O2S/c1-13-8-9-20-18(12-13)23-17-7-6-16(24-25-17)21-10-11-22-28(26,27)15-5-3-2-4-14(15)19/h2-9,12,22H,10-11H2,1H3,(H,21,24)(H,20,23,25). The number of aromatic nitrogens is 3. The zero-order valence-electron chi connectivity index (χ0n) is 15.1. The highest BCUT2D eigenvalue weighted by Crippen LogP contribution is 2.20. The second-order valence-electron chi connectivity index (χ2n) is 5.90. The van der Waals surface area contributed by atoms with E-state index in [1.165, 1.54) is 12.1 Å². The van der Waals surface area contributed by atoms with Gasteiger partial charge in [0, 0.05) is 19.3 Å². The Hall–Kier alpha value is -2.75. The molecule has 3 rings (SSSR count). The summed E-state index contributed by atoms with van der Waals surface area (Å²) >= 11 is 5.94. The summed E-state index contributed by atoms with van der Waals surface area (Å²) in [6, 6.07) is 13.6. The van der Waals surface area contributed by atoms with E-state index in [9.17, 15) is 8.42 Å². The molecule has 0 atom stereocenters. The number of pyridine rings is 1. The SMILES string of the molecule is Cc1ccnc(Nc2ccc(NCCNS(=O)(=O)c3ccccc3Cl)nn2)c1. The van der Waals surface area contributed by atoms with Crippen molar-refractivity contribution in [3.63, 3.8) is 0 Å². The van der Waals surface area contributed by atoms with E-state index >= 15 is 0 Å². The molecule has 28 heavy (non-hydrogen) atoms. The first-order valence-electron chi connectivity index (χ1n) is 8.45. The Morgan fingerprint density at radius 2 is 1.71 bits per heavy atom. The molecule has 146 valence electrons. The van der Waals surface area contributed by atoms with Crippen molar-refractivity contribution in [2.45, 2.75) is 11.8 Å². The van der Waals surface area contributed by atoms with Gasteiger partial charge in [0.1, 0.15) is 16.5 Å². The highest BCUT2D eigenvalue weighted by molar-refractivity contribution is 7.89. The van der Waals surface area contributed by atoms with Crippen LogP contribution in [0.15, 0.2) is 59.6 Å². The Kier molecular flexibility index (Phi) is 6.40. The summed E-state index contributed by atoms with van der Waals surface area (Å²) in [6.07, 6.45) is 1.71. The van der Waals surface area contributed by atoms with Crippen LogP contribution in [-0.4, -0.2) is 36.7 Å². The van der Waals surface area contributed by atoms with Crippen LogP contribution in [0, 0.1) is 6.92 Å². The van der Waals surface area contributed by atoms with Crippen molar-refractivity contribution in [2.24, 2.45) is 0 Å². The second-order valence-corrected chi connectivity index (χ2v) is 8.04. The van der Waals surface area contributed by atoms with E-state index in [0.717, 1.165) is 5.56 Å². The van der Waals surface area contributed by atoms with Gasteiger partial charge in [-0.2, -0.15) is 0 Å². The minimum absolute atomic E-state index is 0.0524. The number of sulfonamides is 1. The molecule has 2 aromatic heterocycles. The number of aryl methyl sites for hydroxylation is 1. The van der Waals surface area contributed by atoms with Gasteiger partial charge in [-0.1, -0.05) is 23.7 Å². The highest BCUT2D eigenvalue weighted by Gasteiger charge is 2.16. The summed E-state index contributed by atoms with van der Waals surface area (Å²) in [7, 11) is -3.67. The van der Waals surface area contributed by atoms with Gasteiger partial charge in [-0.25, -0.2) is 18.1 Å². The third-order valence-electron chi connectivity index (χ3n) is 3.69. The lowest BCUT2D eigenvalue weighted by atomic mass is 10.3. The van der Waals surface area contributed by atoms with Crippen LogP contribution in [0.4, 0.5) is 17.5 Å². The maximum Gasteiger partial charge on any atom is 0.242 e. The monoisotopic (exact) mass is 418 g/mol. The van der Waals surface area contributed by atoms with Crippen molar-refractivity contribution in [1.82, 2.24) is 19.9 Å². The van der Waals surface area contributed by atoms with E-state index < -0.39 is 10.0 Å². The first kappa shape index (κ1) is 20.0. The molecule has 2 heterocycles. The van der Waals surface area contributed by atoms with Gasteiger partial charge in [0.15, 0.2) is 5.82 Å². The van der Waals surface area contributed by atoms with Crippen LogP contribution < -0.4 is 15.4 Å². The zero-order chi connectivity index (χ0) is 20.0. The minimum atomic E-state index is -3.67. The number of nitrogens with zero attached hydrogens (tertiary/aromatic N) is 3. The number of nitrogens with one attached hydrogen (secondary N) is 3. The summed E-state index contributed by atoms with van der Waals surface area (Å²) in [5.74, 6) is 1.77. The van der Waals surface area contributed by atoms with Crippen molar-refractivity contribution in [1.29, 1.82) is 0 Å². The molecule has 0 aliphatic heterocycles. The molecule has 0 unspecified atom stereocenters. The number of hydrogen-bond acceptors (Lipinski definition) is 7. The maximum atomic E-state index is 12.2. The van der Waals surface area contributed by atoms with Crippen molar-refractivity contribution in [3.05, 3.63) is 65.3 Å². The zero-order valence-corrected chi connectivity index (χ0v) is 16.6. The minimum Gasteiger partial charge on any atom is -0.367 e. The molecule has 0 radical (unpaired) electrons. The molecule has 0 spiro atoms. The van der Waals surface area contributed by atoms with Crippen LogP contribution >= 0.6 is 11.6 Å². The Labute approximate surface area is 168 Å². The van der Waals surface area contributed by atoms with Gasteiger partial charge in [-0.05, 0) is 48.9 Å². The summed E-state index contributed by atoms with van der Waals surface area (Å²) in [6.45, 7) is 2.48. The fraction of sp³-hybridized carbons (Fsp3) is 0.167. The van der Waals surface area contributed by atoms with Gasteiger partial charge in [0.25, 0.3) is 0 Å². The fourth-order valence-corrected chi connectivity index (χ4v) is 3.89. The largest absolute Gasteiger partial charge is 0.367 e. The lowest BCUT2D eigenvalue weighted by molar-refractivity contribution is 0.583. The van der Waals surface area contributed by atoms with E-state index in [1.54, 1.807) is 30.5 Å². The van der Waals surface area contributed by atoms with Gasteiger partial charge in [-0.3, -0.25) is 0 Å². The third-order valence-corrected chi connectivity index (χ3v) is 5.65. The van der Waals surface area contributed by atoms with Gasteiger partial charge >= 0.3 is 0 Å². The number of anilines is 3. The lowest BCUT2D eigenvalue weighted by Gasteiger charge is -2.09. The molecule has 3 N–H and O–H groups in total. The maximum absolute atomic E-state index is 12.2. The Bertz CT molecular complexity index is 1040. The average molecular weight is 419 g/mol. The highest BCUT2D eigenvalue weighted by atomic mass is 35.5. The summed E-state index contributed by atoms with van der Waals surface area (Å²) in [5.41, 5.74) is 1.09. The van der Waals surface area contributed by atoms with E-state index in [4.69, 9.17) is 11.6 Å². The summed E-state index contributed by atoms with van der Waals surface area (Å²) < 4.78 is 27.0. The first-order valence-corrected chi connectivity index (χ1v) is 10.3. The average Bonchev–Trinajstić information content (AvgIpc) is 2.67. The van der Waals surface area contributed by atoms with Gasteiger partial charge in [-0.15, -0.1) is 10.2 Å². The lowest BCUT2D eigenvalue weighted by Crippen LogP contribution is -2.29. The quantitative estimate of drug-likeness (QED) is 0.482. The summed E-state index contributed by atoms with van der Waals surface area (Å²) in [5, 5.41) is 14.4. The number of benzene rings is 1. The van der Waals surface area contributed by atoms with Crippen molar-refractivity contribution in [2.75, 3.05) is 23.7 Å². The molecular formula is C18H19ClN6O2S. The van der Waals surface area contributed by atoms with Crippen molar-refractivity contribution in [3.8, 4) is 0 Å². The molecule has 0 fully saturated rings. The van der Waals surface area contributed by atoms with E-state index in [1.807, 2.05) is 19.1 Å². The Balaban J connectivity index is 1.49. The van der Waals surface area contributed by atoms with E-state index in [2.05, 4.69) is 30.5 Å². The van der Waals surface area contributed by atoms with Crippen LogP contribution in [0.3, 0.4) is 0 Å². The molecular weight excluding hydrogens is 400 g/mol. The predicted octanol–water partition coefficient (Wildman–Crippen LogP) is 2.97. The summed E-state index contributed by atoms with van der Waals surface area (Å²) in [4.78, 5) is 4.26. The Morgan fingerprint density at radius 3 is 2.43 bits per heavy atom. The number of rotatable bonds is 8. The third kappa shape index (κ3) is 5.38. The molecule has 0 saturated carbocycles. The van der Waals surface area contributed by atoms with E-state index in [-0.39, 0.29) is 16.5 Å². The van der Waals surface area contributed by atoms with Gasteiger partial charge < -0.3 is 10.6 Å². The smallest absolute Gasteiger partial charge is 0.242 e. The molecule has 0 saturated heterocycles. The van der Waals surface area contributed by atoms with Crippen LogP contribution in [0.25, 0.3) is 0 Å². The molecule has 0 aliphatic rings. The van der Waals surface area contributed by atoms with Crippen LogP contribution in [0.2, 0.25) is 5.02 Å². The topological polar surface area (TPSA) is 109 Å². The molecule has 0 amide bonds. The number of hydrogen-bond donors (Lipinski definition) is 3. The molecule has 8 nitrogen and oxygen atoms in total. The van der Waals surface area contributed by atoms with E-state index in [0.29, 0.717) is 24.0 Å². The molecule has 3 aromatic rings. The van der Waals surface area contributed by atoms with Crippen molar-refractivity contribution >= 4 is 39.1 Å². The fourth-order valence-electron chi connectivity index (χ4n) is 2.35. The molecule has 0 bridgehead atoms. The first-order chi connectivity index (χ1) is 13.4. The Morgan fingerprint density at radius 1 is 0.964 bits per heavy atom. The molecule has 0 aliphatic carbocycles.